The number of benzene rings is 2. The first-order valence-electron chi connectivity index (χ1n) is 10.5. The Hall–Kier alpha value is -0.650. The zero-order valence-corrected chi connectivity index (χ0v) is 22.1. The molecule has 0 fully saturated rings. The summed E-state index contributed by atoms with van der Waals surface area (Å²) in [4.78, 5) is 2.39. The van der Waals surface area contributed by atoms with E-state index in [-0.39, 0.29) is 5.41 Å². The minimum atomic E-state index is -2.99. The van der Waals surface area contributed by atoms with Crippen molar-refractivity contribution >= 4 is 50.8 Å². The van der Waals surface area contributed by atoms with Crippen molar-refractivity contribution in [1.29, 1.82) is 0 Å². The lowest BCUT2D eigenvalue weighted by Crippen LogP contribution is -2.33. The zero-order valence-electron chi connectivity index (χ0n) is 18.1. The second-order valence-electron chi connectivity index (χ2n) is 7.98. The van der Waals surface area contributed by atoms with E-state index < -0.39 is 7.60 Å². The van der Waals surface area contributed by atoms with Gasteiger partial charge in [0.15, 0.2) is 0 Å². The molecule has 1 heterocycles. The molecule has 0 saturated heterocycles. The monoisotopic (exact) mass is 557 g/mol. The van der Waals surface area contributed by atoms with E-state index in [1.165, 1.54) is 22.5 Å². The molecule has 30 heavy (non-hydrogen) atoms. The van der Waals surface area contributed by atoms with Gasteiger partial charge in [0.2, 0.25) is 0 Å². The fourth-order valence-electron chi connectivity index (χ4n) is 4.14. The molecule has 7 heteroatoms. The number of rotatable bonds is 9. The van der Waals surface area contributed by atoms with Crippen molar-refractivity contribution in [2.24, 2.45) is 0 Å². The van der Waals surface area contributed by atoms with Gasteiger partial charge in [0, 0.05) is 32.3 Å². The summed E-state index contributed by atoms with van der Waals surface area (Å²) in [5.41, 5.74) is 4.97. The van der Waals surface area contributed by atoms with Crippen LogP contribution in [0.2, 0.25) is 0 Å². The van der Waals surface area contributed by atoms with Crippen LogP contribution in [-0.2, 0) is 19.0 Å². The highest BCUT2D eigenvalue weighted by molar-refractivity contribution is 9.10. The van der Waals surface area contributed by atoms with Crippen LogP contribution >= 0.6 is 39.5 Å². The Morgan fingerprint density at radius 2 is 1.40 bits per heavy atom. The van der Waals surface area contributed by atoms with Gasteiger partial charge < -0.3 is 13.9 Å². The summed E-state index contributed by atoms with van der Waals surface area (Å²) < 4.78 is 25.8. The largest absolute Gasteiger partial charge is 0.341 e. The van der Waals surface area contributed by atoms with E-state index in [0.29, 0.717) is 19.4 Å². The van der Waals surface area contributed by atoms with E-state index in [9.17, 15) is 4.57 Å². The predicted molar refractivity (Wildman–Crippen MR) is 132 cm³/mol. The number of unbranched alkanes of at least 4 members (excludes halogenated alkanes) is 1. The first-order chi connectivity index (χ1) is 14.2. The molecule has 0 saturated carbocycles. The van der Waals surface area contributed by atoms with Crippen molar-refractivity contribution < 1.29 is 13.6 Å². The molecule has 0 aliphatic carbocycles. The van der Waals surface area contributed by atoms with Crippen molar-refractivity contribution in [3.8, 4) is 0 Å². The standard InChI is InChI=1S/C23H30Br2NO3P/c1-5-28-30(27,29-6-2)14-8-7-13-26-21-11-9-17(24)15-19(21)23(3,4)20-16-18(25)10-12-22(20)26/h9-12,15-16H,5-8,13-14H2,1-4H3. The lowest BCUT2D eigenvalue weighted by Gasteiger charge is -2.42. The molecule has 0 amide bonds. The van der Waals surface area contributed by atoms with Gasteiger partial charge in [-0.15, -0.1) is 0 Å². The van der Waals surface area contributed by atoms with Gasteiger partial charge in [-0.2, -0.15) is 0 Å². The first-order valence-corrected chi connectivity index (χ1v) is 13.8. The molecule has 2 aromatic rings. The molecule has 0 spiro atoms. The molecule has 0 radical (unpaired) electrons. The van der Waals surface area contributed by atoms with Gasteiger partial charge in [0.1, 0.15) is 0 Å². The molecule has 0 N–H and O–H groups in total. The number of hydrogen-bond donors (Lipinski definition) is 0. The quantitative estimate of drug-likeness (QED) is 0.230. The van der Waals surface area contributed by atoms with Gasteiger partial charge in [-0.3, -0.25) is 4.57 Å². The minimum Gasteiger partial charge on any atom is -0.341 e. The van der Waals surface area contributed by atoms with Crippen LogP contribution in [0, 0.1) is 0 Å². The van der Waals surface area contributed by atoms with Crippen LogP contribution in [0.15, 0.2) is 45.3 Å². The highest BCUT2D eigenvalue weighted by atomic mass is 79.9. The van der Waals surface area contributed by atoms with Crippen LogP contribution in [-0.4, -0.2) is 25.9 Å². The Morgan fingerprint density at radius 1 is 0.900 bits per heavy atom. The van der Waals surface area contributed by atoms with Crippen LogP contribution in [0.25, 0.3) is 0 Å². The summed E-state index contributed by atoms with van der Waals surface area (Å²) in [6.45, 7) is 9.92. The average Bonchev–Trinajstić information content (AvgIpc) is 2.68. The van der Waals surface area contributed by atoms with Gasteiger partial charge in [0.25, 0.3) is 0 Å². The molecular weight excluding hydrogens is 529 g/mol. The number of hydrogen-bond acceptors (Lipinski definition) is 4. The number of fused-ring (bicyclic) bond motifs is 2. The van der Waals surface area contributed by atoms with E-state index in [1.807, 2.05) is 13.8 Å². The van der Waals surface area contributed by atoms with Crippen LogP contribution in [0.4, 0.5) is 11.4 Å². The second-order valence-corrected chi connectivity index (χ2v) is 12.0. The van der Waals surface area contributed by atoms with Crippen molar-refractivity contribution in [1.82, 2.24) is 0 Å². The predicted octanol–water partition coefficient (Wildman–Crippen LogP) is 8.04. The third-order valence-corrected chi connectivity index (χ3v) is 8.71. The van der Waals surface area contributed by atoms with Crippen molar-refractivity contribution in [3.05, 3.63) is 56.5 Å². The Morgan fingerprint density at radius 3 is 1.87 bits per heavy atom. The molecule has 4 nitrogen and oxygen atoms in total. The summed E-state index contributed by atoms with van der Waals surface area (Å²) in [5.74, 6) is 0. The van der Waals surface area contributed by atoms with Crippen LogP contribution in [0.5, 0.6) is 0 Å². The number of halogens is 2. The molecule has 2 aromatic carbocycles. The lowest BCUT2D eigenvalue weighted by atomic mass is 9.73. The van der Waals surface area contributed by atoms with Crippen LogP contribution in [0.1, 0.15) is 51.7 Å². The number of anilines is 2. The summed E-state index contributed by atoms with van der Waals surface area (Å²) in [7, 11) is -2.99. The van der Waals surface area contributed by atoms with Gasteiger partial charge in [-0.05, 0) is 74.2 Å². The van der Waals surface area contributed by atoms with E-state index in [1.54, 1.807) is 0 Å². The van der Waals surface area contributed by atoms with Gasteiger partial charge in [-0.25, -0.2) is 0 Å². The summed E-state index contributed by atoms with van der Waals surface area (Å²) in [6.07, 6.45) is 2.14. The van der Waals surface area contributed by atoms with Crippen molar-refractivity contribution in [3.63, 3.8) is 0 Å². The maximum atomic E-state index is 12.8. The molecule has 164 valence electrons. The molecule has 3 rings (SSSR count). The third-order valence-electron chi connectivity index (χ3n) is 5.56. The van der Waals surface area contributed by atoms with Crippen LogP contribution < -0.4 is 4.90 Å². The molecule has 0 bridgehead atoms. The normalized spacial score (nSPS) is 15.1. The van der Waals surface area contributed by atoms with Crippen LogP contribution in [0.3, 0.4) is 0 Å². The smallest absolute Gasteiger partial charge is 0.330 e. The van der Waals surface area contributed by atoms with Gasteiger partial charge in [0.05, 0.1) is 19.4 Å². The molecule has 0 aromatic heterocycles. The highest BCUT2D eigenvalue weighted by Gasteiger charge is 2.36. The number of nitrogens with zero attached hydrogens (tertiary/aromatic N) is 1. The fourth-order valence-corrected chi connectivity index (χ4v) is 6.59. The maximum Gasteiger partial charge on any atom is 0.330 e. The minimum absolute atomic E-state index is 0.103. The lowest BCUT2D eigenvalue weighted by molar-refractivity contribution is 0.219. The molecule has 0 unspecified atom stereocenters. The molecule has 1 aliphatic heterocycles. The third kappa shape index (κ3) is 5.05. The highest BCUT2D eigenvalue weighted by Crippen LogP contribution is 2.51. The van der Waals surface area contributed by atoms with Gasteiger partial charge in [-0.1, -0.05) is 45.7 Å². The van der Waals surface area contributed by atoms with E-state index in [2.05, 4.69) is 87.0 Å². The van der Waals surface area contributed by atoms with Crippen molar-refractivity contribution in [2.75, 3.05) is 30.8 Å². The summed E-state index contributed by atoms with van der Waals surface area (Å²) in [5, 5.41) is 0. The van der Waals surface area contributed by atoms with E-state index >= 15 is 0 Å². The zero-order chi connectivity index (χ0) is 21.9. The molecule has 1 aliphatic rings. The SMILES string of the molecule is CCOP(=O)(CCCCN1c2ccc(Br)cc2C(C)(C)c2cc(Br)ccc21)OCC. The topological polar surface area (TPSA) is 38.8 Å². The summed E-state index contributed by atoms with van der Waals surface area (Å²) in [6, 6.07) is 13.0. The Balaban J connectivity index is 1.84. The Kier molecular flexibility index (Phi) is 7.90. The average molecular weight is 559 g/mol. The Labute approximate surface area is 197 Å². The van der Waals surface area contributed by atoms with Crippen molar-refractivity contribution in [2.45, 2.75) is 46.0 Å². The maximum absolute atomic E-state index is 12.8. The fraction of sp³-hybridized carbons (Fsp3) is 0.478. The molecule has 0 atom stereocenters. The Bertz CT molecular complexity index is 883. The summed E-state index contributed by atoms with van der Waals surface area (Å²) >= 11 is 7.29. The first kappa shape index (κ1) is 24.0. The van der Waals surface area contributed by atoms with Gasteiger partial charge >= 0.3 is 7.60 Å². The van der Waals surface area contributed by atoms with E-state index in [0.717, 1.165) is 28.3 Å². The second kappa shape index (κ2) is 9.87. The molecular formula is C23H30Br2NO3P. The van der Waals surface area contributed by atoms with E-state index in [4.69, 9.17) is 9.05 Å².